The number of hydrazine groups is 1. The summed E-state index contributed by atoms with van der Waals surface area (Å²) in [6, 6.07) is 23.2. The number of carbonyl (C=O) groups is 2. The van der Waals surface area contributed by atoms with E-state index in [-0.39, 0.29) is 0 Å². The molecule has 3 aromatic carbocycles. The molecule has 0 bridgehead atoms. The van der Waals surface area contributed by atoms with Crippen LogP contribution in [-0.4, -0.2) is 24.0 Å². The second-order valence-corrected chi connectivity index (χ2v) is 7.89. The Balaban J connectivity index is 1.51. The van der Waals surface area contributed by atoms with Gasteiger partial charge >= 0.3 is 0 Å². The predicted molar refractivity (Wildman–Crippen MR) is 129 cm³/mol. The number of nitrogens with one attached hydrogen (secondary N) is 2. The van der Waals surface area contributed by atoms with Gasteiger partial charge in [-0.2, -0.15) is 0 Å². The Morgan fingerprint density at radius 3 is 2.00 bits per heavy atom. The molecule has 0 saturated heterocycles. The van der Waals surface area contributed by atoms with Crippen LogP contribution in [0.3, 0.4) is 0 Å². The van der Waals surface area contributed by atoms with Gasteiger partial charge in [-0.3, -0.25) is 20.4 Å². The first-order valence-electron chi connectivity index (χ1n) is 11.0. The van der Waals surface area contributed by atoms with Gasteiger partial charge in [-0.15, -0.1) is 0 Å². The van der Waals surface area contributed by atoms with Gasteiger partial charge < -0.3 is 9.47 Å². The minimum atomic E-state index is -0.779. The van der Waals surface area contributed by atoms with E-state index in [2.05, 4.69) is 10.9 Å². The summed E-state index contributed by atoms with van der Waals surface area (Å²) in [5.41, 5.74) is 9.24. The molecule has 3 rings (SSSR count). The van der Waals surface area contributed by atoms with Crippen molar-refractivity contribution in [3.8, 4) is 22.6 Å². The molecule has 2 N–H and O–H groups in total. The van der Waals surface area contributed by atoms with Crippen LogP contribution in [0.2, 0.25) is 0 Å². The fourth-order valence-electron chi connectivity index (χ4n) is 3.19. The van der Waals surface area contributed by atoms with Crippen LogP contribution in [0, 0.1) is 13.8 Å². The van der Waals surface area contributed by atoms with E-state index in [1.165, 1.54) is 0 Å². The van der Waals surface area contributed by atoms with Crippen molar-refractivity contribution in [1.29, 1.82) is 0 Å². The summed E-state index contributed by atoms with van der Waals surface area (Å²) in [7, 11) is 0. The third-order valence-electron chi connectivity index (χ3n) is 5.37. The lowest BCUT2D eigenvalue weighted by atomic mass is 10.1. The van der Waals surface area contributed by atoms with Gasteiger partial charge in [0.05, 0.1) is 0 Å². The summed E-state index contributed by atoms with van der Waals surface area (Å²) in [5, 5.41) is 0. The molecule has 2 amide bonds. The lowest BCUT2D eigenvalue weighted by molar-refractivity contribution is -0.135. The Hall–Kier alpha value is -3.80. The number of carbonyl (C=O) groups excluding carboxylic acids is 2. The summed E-state index contributed by atoms with van der Waals surface area (Å²) in [5.74, 6) is 0.287. The number of hydrogen-bond donors (Lipinski definition) is 2. The number of ether oxygens (including phenoxy) is 2. The molecule has 33 heavy (non-hydrogen) atoms. The van der Waals surface area contributed by atoms with Gasteiger partial charge in [0.25, 0.3) is 11.8 Å². The van der Waals surface area contributed by atoms with Crippen LogP contribution in [0.25, 0.3) is 11.1 Å². The van der Waals surface area contributed by atoms with E-state index in [1.54, 1.807) is 6.92 Å². The van der Waals surface area contributed by atoms with Crippen molar-refractivity contribution < 1.29 is 19.1 Å². The molecule has 172 valence electrons. The quantitative estimate of drug-likeness (QED) is 0.490. The number of hydrogen-bond acceptors (Lipinski definition) is 4. The Kier molecular flexibility index (Phi) is 8.08. The Bertz CT molecular complexity index is 1080. The average molecular weight is 447 g/mol. The summed E-state index contributed by atoms with van der Waals surface area (Å²) in [6.07, 6.45) is -1.08. The van der Waals surface area contributed by atoms with Gasteiger partial charge in [-0.25, -0.2) is 0 Å². The molecule has 0 aliphatic rings. The molecule has 0 aromatic heterocycles. The predicted octanol–water partition coefficient (Wildman–Crippen LogP) is 4.74. The van der Waals surface area contributed by atoms with E-state index in [4.69, 9.17) is 9.47 Å². The smallest absolute Gasteiger partial charge is 0.279 e. The molecular weight excluding hydrogens is 416 g/mol. The molecule has 2 atom stereocenters. The van der Waals surface area contributed by atoms with E-state index in [0.29, 0.717) is 17.9 Å². The molecule has 2 unspecified atom stereocenters. The lowest BCUT2D eigenvalue weighted by Crippen LogP contribution is -2.51. The largest absolute Gasteiger partial charge is 0.481 e. The van der Waals surface area contributed by atoms with Crippen molar-refractivity contribution >= 4 is 11.8 Å². The van der Waals surface area contributed by atoms with Crippen LogP contribution in [0.15, 0.2) is 72.8 Å². The maximum atomic E-state index is 12.5. The van der Waals surface area contributed by atoms with E-state index >= 15 is 0 Å². The van der Waals surface area contributed by atoms with Gasteiger partial charge in [0.15, 0.2) is 12.2 Å². The van der Waals surface area contributed by atoms with Crippen LogP contribution in [0.1, 0.15) is 31.4 Å². The monoisotopic (exact) mass is 446 g/mol. The second-order valence-electron chi connectivity index (χ2n) is 7.89. The van der Waals surface area contributed by atoms with Gasteiger partial charge in [-0.05, 0) is 73.7 Å². The Morgan fingerprint density at radius 2 is 1.36 bits per heavy atom. The molecule has 0 saturated carbocycles. The highest BCUT2D eigenvalue weighted by atomic mass is 16.5. The van der Waals surface area contributed by atoms with Crippen molar-refractivity contribution in [2.45, 2.75) is 46.3 Å². The molecule has 0 fully saturated rings. The van der Waals surface area contributed by atoms with Gasteiger partial charge in [0, 0.05) is 0 Å². The Labute approximate surface area is 194 Å². The maximum Gasteiger partial charge on any atom is 0.279 e. The molecule has 6 heteroatoms. The number of aryl methyl sites for hydroxylation is 2. The van der Waals surface area contributed by atoms with Gasteiger partial charge in [0.2, 0.25) is 0 Å². The van der Waals surface area contributed by atoms with Crippen LogP contribution in [0.5, 0.6) is 11.5 Å². The molecule has 0 aliphatic carbocycles. The zero-order valence-corrected chi connectivity index (χ0v) is 19.4. The zero-order valence-electron chi connectivity index (χ0n) is 19.4. The van der Waals surface area contributed by atoms with Crippen molar-refractivity contribution in [1.82, 2.24) is 10.9 Å². The first-order chi connectivity index (χ1) is 15.9. The summed E-state index contributed by atoms with van der Waals surface area (Å²) in [4.78, 5) is 24.9. The Morgan fingerprint density at radius 1 is 0.758 bits per heavy atom. The first kappa shape index (κ1) is 23.9. The zero-order chi connectivity index (χ0) is 23.8. The summed E-state index contributed by atoms with van der Waals surface area (Å²) < 4.78 is 11.5. The molecular formula is C27H30N2O4. The standard InChI is InChI=1S/C27H30N2O4/c1-5-25(33-23-15-12-22(13-16-23)21-9-7-6-8-10-21)27(31)29-28-26(30)20(4)32-24-14-11-18(2)19(3)17-24/h6-17,20,25H,5H2,1-4H3,(H,28,30)(H,29,31). The van der Waals surface area contributed by atoms with E-state index in [0.717, 1.165) is 22.3 Å². The van der Waals surface area contributed by atoms with Crippen molar-refractivity contribution in [3.05, 3.63) is 83.9 Å². The number of amides is 2. The highest BCUT2D eigenvalue weighted by Crippen LogP contribution is 2.23. The second kappa shape index (κ2) is 11.2. The lowest BCUT2D eigenvalue weighted by Gasteiger charge is -2.19. The van der Waals surface area contributed by atoms with Crippen molar-refractivity contribution in [2.24, 2.45) is 0 Å². The van der Waals surface area contributed by atoms with Gasteiger partial charge in [-0.1, -0.05) is 55.5 Å². The van der Waals surface area contributed by atoms with Crippen LogP contribution < -0.4 is 20.3 Å². The number of rotatable bonds is 8. The summed E-state index contributed by atoms with van der Waals surface area (Å²) in [6.45, 7) is 7.45. The van der Waals surface area contributed by atoms with E-state index in [9.17, 15) is 9.59 Å². The minimum Gasteiger partial charge on any atom is -0.481 e. The average Bonchev–Trinajstić information content (AvgIpc) is 2.84. The molecule has 0 radical (unpaired) electrons. The highest BCUT2D eigenvalue weighted by molar-refractivity contribution is 5.86. The number of benzene rings is 3. The molecule has 3 aromatic rings. The minimum absolute atomic E-state index is 0.434. The topological polar surface area (TPSA) is 76.7 Å². The van der Waals surface area contributed by atoms with Crippen molar-refractivity contribution in [3.63, 3.8) is 0 Å². The van der Waals surface area contributed by atoms with Crippen molar-refractivity contribution in [2.75, 3.05) is 0 Å². The normalized spacial score (nSPS) is 12.4. The molecule has 0 spiro atoms. The van der Waals surface area contributed by atoms with Crippen LogP contribution in [0.4, 0.5) is 0 Å². The van der Waals surface area contributed by atoms with Crippen LogP contribution in [-0.2, 0) is 9.59 Å². The van der Waals surface area contributed by atoms with E-state index in [1.807, 2.05) is 93.6 Å². The maximum absolute atomic E-state index is 12.5. The van der Waals surface area contributed by atoms with E-state index < -0.39 is 24.0 Å². The SMILES string of the molecule is CCC(Oc1ccc(-c2ccccc2)cc1)C(=O)NNC(=O)C(C)Oc1ccc(C)c(C)c1. The third-order valence-corrected chi connectivity index (χ3v) is 5.37. The molecule has 0 aliphatic heterocycles. The van der Waals surface area contributed by atoms with Crippen LogP contribution >= 0.6 is 0 Å². The summed E-state index contributed by atoms with van der Waals surface area (Å²) >= 11 is 0. The highest BCUT2D eigenvalue weighted by Gasteiger charge is 2.21. The van der Waals surface area contributed by atoms with Gasteiger partial charge in [0.1, 0.15) is 11.5 Å². The third kappa shape index (κ3) is 6.59. The first-order valence-corrected chi connectivity index (χ1v) is 11.0. The molecule has 6 nitrogen and oxygen atoms in total. The fraction of sp³-hybridized carbons (Fsp3) is 0.259. The fourth-order valence-corrected chi connectivity index (χ4v) is 3.19. The molecule has 0 heterocycles.